The van der Waals surface area contributed by atoms with Crippen LogP contribution >= 0.6 is 39.7 Å². The van der Waals surface area contributed by atoms with Crippen molar-refractivity contribution in [2.45, 2.75) is 32.7 Å². The van der Waals surface area contributed by atoms with Gasteiger partial charge in [0.2, 0.25) is 0 Å². The summed E-state index contributed by atoms with van der Waals surface area (Å²) < 4.78 is 1.23. The molecule has 0 radical (unpaired) electrons. The van der Waals surface area contributed by atoms with E-state index in [9.17, 15) is 0 Å². The standard InChI is InChI=1S/C11H16BrNS.ClH/c1-2-11(3-4-11)8-13-6-9-5-10(12)14-7-9;/h5,7,13H,2-4,6,8H2,1H3;1H. The maximum atomic E-state index is 3.55. The van der Waals surface area contributed by atoms with E-state index in [1.165, 1.54) is 35.2 Å². The van der Waals surface area contributed by atoms with Crippen molar-refractivity contribution in [3.63, 3.8) is 0 Å². The molecule has 0 spiro atoms. The van der Waals surface area contributed by atoms with Crippen molar-refractivity contribution < 1.29 is 0 Å². The molecule has 1 heterocycles. The van der Waals surface area contributed by atoms with Crippen molar-refractivity contribution >= 4 is 39.7 Å². The molecule has 0 aromatic carbocycles. The first-order valence-corrected chi connectivity index (χ1v) is 6.85. The maximum Gasteiger partial charge on any atom is 0.0701 e. The van der Waals surface area contributed by atoms with Crippen LogP contribution in [0.3, 0.4) is 0 Å². The van der Waals surface area contributed by atoms with Crippen molar-refractivity contribution in [3.8, 4) is 0 Å². The van der Waals surface area contributed by atoms with E-state index >= 15 is 0 Å². The molecule has 1 nitrogen and oxygen atoms in total. The molecule has 2 rings (SSSR count). The molecular formula is C11H17BrClNS. The molecule has 0 bridgehead atoms. The van der Waals surface area contributed by atoms with Crippen LogP contribution in [0, 0.1) is 5.41 Å². The summed E-state index contributed by atoms with van der Waals surface area (Å²) in [7, 11) is 0. The second kappa shape index (κ2) is 5.67. The van der Waals surface area contributed by atoms with Gasteiger partial charge >= 0.3 is 0 Å². The molecule has 1 aliphatic carbocycles. The Kier molecular flexibility index (Phi) is 5.10. The highest BCUT2D eigenvalue weighted by molar-refractivity contribution is 9.11. The molecule has 1 aliphatic rings. The SMILES string of the molecule is CCC1(CNCc2csc(Br)c2)CC1.Cl. The van der Waals surface area contributed by atoms with Crippen LogP contribution in [-0.2, 0) is 6.54 Å². The van der Waals surface area contributed by atoms with Gasteiger partial charge in [0, 0.05) is 13.1 Å². The quantitative estimate of drug-likeness (QED) is 0.859. The lowest BCUT2D eigenvalue weighted by Gasteiger charge is -2.12. The minimum Gasteiger partial charge on any atom is -0.312 e. The van der Waals surface area contributed by atoms with Crippen molar-refractivity contribution in [1.82, 2.24) is 5.32 Å². The summed E-state index contributed by atoms with van der Waals surface area (Å²) in [5.74, 6) is 0. The lowest BCUT2D eigenvalue weighted by molar-refractivity contribution is 0.443. The molecule has 0 unspecified atom stereocenters. The second-order valence-electron chi connectivity index (χ2n) is 4.22. The van der Waals surface area contributed by atoms with Crippen molar-refractivity contribution in [1.29, 1.82) is 0 Å². The Morgan fingerprint density at radius 3 is 2.73 bits per heavy atom. The molecule has 0 saturated heterocycles. The van der Waals surface area contributed by atoms with Crippen LogP contribution in [0.15, 0.2) is 15.2 Å². The van der Waals surface area contributed by atoms with E-state index in [2.05, 4.69) is 39.6 Å². The summed E-state index contributed by atoms with van der Waals surface area (Å²) >= 11 is 5.24. The van der Waals surface area contributed by atoms with Crippen LogP contribution in [0.4, 0.5) is 0 Å². The van der Waals surface area contributed by atoms with Crippen LogP contribution in [0.25, 0.3) is 0 Å². The Morgan fingerprint density at radius 1 is 1.53 bits per heavy atom. The largest absolute Gasteiger partial charge is 0.312 e. The zero-order valence-corrected chi connectivity index (χ0v) is 12.1. The Morgan fingerprint density at radius 2 is 2.27 bits per heavy atom. The number of rotatable bonds is 5. The third-order valence-corrected chi connectivity index (χ3v) is 4.71. The summed E-state index contributed by atoms with van der Waals surface area (Å²) in [5.41, 5.74) is 2.06. The van der Waals surface area contributed by atoms with Gasteiger partial charge in [-0.3, -0.25) is 0 Å². The number of nitrogens with one attached hydrogen (secondary N) is 1. The molecule has 4 heteroatoms. The van der Waals surface area contributed by atoms with Gasteiger partial charge < -0.3 is 5.32 Å². The maximum absolute atomic E-state index is 3.55. The minimum absolute atomic E-state index is 0. The first-order chi connectivity index (χ1) is 6.74. The summed E-state index contributed by atoms with van der Waals surface area (Å²) in [6.45, 7) is 4.51. The Hall–Kier alpha value is 0.430. The summed E-state index contributed by atoms with van der Waals surface area (Å²) in [6, 6.07) is 2.20. The average molecular weight is 311 g/mol. The minimum atomic E-state index is 0. The van der Waals surface area contributed by atoms with Crippen molar-refractivity contribution in [3.05, 3.63) is 20.8 Å². The molecule has 86 valence electrons. The molecule has 15 heavy (non-hydrogen) atoms. The van der Waals surface area contributed by atoms with Crippen LogP contribution in [0.1, 0.15) is 31.7 Å². The molecule has 1 N–H and O–H groups in total. The fourth-order valence-electron chi connectivity index (χ4n) is 1.74. The number of hydrogen-bond donors (Lipinski definition) is 1. The number of thiophene rings is 1. The average Bonchev–Trinajstić information content (AvgIpc) is 2.84. The molecule has 0 atom stereocenters. The van der Waals surface area contributed by atoms with Crippen LogP contribution in [-0.4, -0.2) is 6.54 Å². The van der Waals surface area contributed by atoms with E-state index in [1.807, 2.05) is 0 Å². The van der Waals surface area contributed by atoms with Gasteiger partial charge in [0.05, 0.1) is 3.79 Å². The molecular weight excluding hydrogens is 294 g/mol. The molecule has 1 aromatic rings. The monoisotopic (exact) mass is 309 g/mol. The predicted octanol–water partition coefficient (Wildman–Crippen LogP) is 4.21. The summed E-state index contributed by atoms with van der Waals surface area (Å²) in [6.07, 6.45) is 4.17. The van der Waals surface area contributed by atoms with E-state index in [0.717, 1.165) is 6.54 Å². The van der Waals surface area contributed by atoms with E-state index in [4.69, 9.17) is 0 Å². The van der Waals surface area contributed by atoms with Gasteiger partial charge in [0.25, 0.3) is 0 Å². The summed E-state index contributed by atoms with van der Waals surface area (Å²) in [5, 5.41) is 5.77. The smallest absolute Gasteiger partial charge is 0.0701 e. The van der Waals surface area contributed by atoms with Gasteiger partial charge in [-0.05, 0) is 57.6 Å². The third kappa shape index (κ3) is 3.74. The van der Waals surface area contributed by atoms with Gasteiger partial charge in [-0.25, -0.2) is 0 Å². The Labute approximate surface area is 110 Å². The summed E-state index contributed by atoms with van der Waals surface area (Å²) in [4.78, 5) is 0. The Balaban J connectivity index is 0.00000112. The highest BCUT2D eigenvalue weighted by Gasteiger charge is 2.39. The van der Waals surface area contributed by atoms with E-state index in [0.29, 0.717) is 5.41 Å². The van der Waals surface area contributed by atoms with Gasteiger partial charge in [-0.2, -0.15) is 0 Å². The van der Waals surface area contributed by atoms with E-state index in [1.54, 1.807) is 11.3 Å². The van der Waals surface area contributed by atoms with E-state index in [-0.39, 0.29) is 12.4 Å². The molecule has 1 saturated carbocycles. The highest BCUT2D eigenvalue weighted by Crippen LogP contribution is 2.47. The third-order valence-electron chi connectivity index (χ3n) is 3.16. The topological polar surface area (TPSA) is 12.0 Å². The zero-order valence-electron chi connectivity index (χ0n) is 8.88. The molecule has 1 fully saturated rings. The lowest BCUT2D eigenvalue weighted by Crippen LogP contribution is -2.22. The van der Waals surface area contributed by atoms with Gasteiger partial charge in [0.15, 0.2) is 0 Å². The van der Waals surface area contributed by atoms with Crippen molar-refractivity contribution in [2.24, 2.45) is 5.41 Å². The second-order valence-corrected chi connectivity index (χ2v) is 6.51. The van der Waals surface area contributed by atoms with Gasteiger partial charge in [-0.1, -0.05) is 6.92 Å². The van der Waals surface area contributed by atoms with Gasteiger partial charge in [-0.15, -0.1) is 23.7 Å². The molecule has 0 amide bonds. The van der Waals surface area contributed by atoms with Gasteiger partial charge in [0.1, 0.15) is 0 Å². The van der Waals surface area contributed by atoms with Crippen molar-refractivity contribution in [2.75, 3.05) is 6.54 Å². The Bertz CT molecular complexity index is 309. The normalized spacial score (nSPS) is 17.2. The fraction of sp³-hybridized carbons (Fsp3) is 0.636. The van der Waals surface area contributed by atoms with E-state index < -0.39 is 0 Å². The first kappa shape index (κ1) is 13.5. The predicted molar refractivity (Wildman–Crippen MR) is 72.9 cm³/mol. The molecule has 1 aromatic heterocycles. The lowest BCUT2D eigenvalue weighted by atomic mass is 10.0. The number of halogens is 2. The van der Waals surface area contributed by atoms with Crippen LogP contribution in [0.2, 0.25) is 0 Å². The molecule has 0 aliphatic heterocycles. The highest BCUT2D eigenvalue weighted by atomic mass is 79.9. The van der Waals surface area contributed by atoms with Crippen LogP contribution in [0.5, 0.6) is 0 Å². The fourth-order valence-corrected chi connectivity index (χ4v) is 2.95. The van der Waals surface area contributed by atoms with Crippen LogP contribution < -0.4 is 5.32 Å². The first-order valence-electron chi connectivity index (χ1n) is 5.18. The number of hydrogen-bond acceptors (Lipinski definition) is 2. The zero-order chi connectivity index (χ0) is 10.0.